The van der Waals surface area contributed by atoms with E-state index in [1.807, 2.05) is 0 Å². The molecule has 186 valence electrons. The smallest absolute Gasteiger partial charge is 0.326 e. The summed E-state index contributed by atoms with van der Waals surface area (Å²) in [6, 6.07) is 10.7. The molecule has 2 amide bonds. The zero-order valence-electron chi connectivity index (χ0n) is 19.8. The molecule has 1 saturated carbocycles. The summed E-state index contributed by atoms with van der Waals surface area (Å²) >= 11 is 0. The van der Waals surface area contributed by atoms with Crippen LogP contribution in [0.3, 0.4) is 0 Å². The highest BCUT2D eigenvalue weighted by atomic mass is 19.1. The molecular weight excluding hydrogens is 455 g/mol. The lowest BCUT2D eigenvalue weighted by Crippen LogP contribution is -2.49. The molecule has 0 bridgehead atoms. The molecule has 0 aliphatic heterocycles. The second kappa shape index (κ2) is 9.85. The Morgan fingerprint density at radius 1 is 1.03 bits per heavy atom. The lowest BCUT2D eigenvalue weighted by atomic mass is 9.65. The molecule has 1 fully saturated rings. The topological polar surface area (TPSA) is 133 Å². The maximum absolute atomic E-state index is 13.8. The van der Waals surface area contributed by atoms with Crippen molar-refractivity contribution in [1.29, 1.82) is 0 Å². The van der Waals surface area contributed by atoms with Crippen LogP contribution < -0.4 is 10.6 Å². The Morgan fingerprint density at radius 2 is 1.66 bits per heavy atom. The molecule has 0 unspecified atom stereocenters. The van der Waals surface area contributed by atoms with Crippen molar-refractivity contribution in [2.24, 2.45) is 16.7 Å². The molecule has 9 heteroatoms. The highest BCUT2D eigenvalue weighted by Crippen LogP contribution is 2.56. The predicted molar refractivity (Wildman–Crippen MR) is 126 cm³/mol. The van der Waals surface area contributed by atoms with Crippen molar-refractivity contribution in [2.75, 3.05) is 5.32 Å². The van der Waals surface area contributed by atoms with Crippen LogP contribution in [0, 0.1) is 22.6 Å². The Hall–Kier alpha value is -3.75. The van der Waals surface area contributed by atoms with Gasteiger partial charge in [0.25, 0.3) is 5.91 Å². The molecule has 3 atom stereocenters. The third-order valence-corrected chi connectivity index (χ3v) is 7.40. The van der Waals surface area contributed by atoms with Crippen molar-refractivity contribution in [1.82, 2.24) is 5.32 Å². The summed E-state index contributed by atoms with van der Waals surface area (Å²) in [5, 5.41) is 24.5. The maximum Gasteiger partial charge on any atom is 0.326 e. The molecule has 2 aromatic carbocycles. The Balaban J connectivity index is 1.66. The van der Waals surface area contributed by atoms with Gasteiger partial charge in [0.2, 0.25) is 5.91 Å². The van der Waals surface area contributed by atoms with Crippen molar-refractivity contribution >= 4 is 29.4 Å². The number of carbonyl (C=O) groups excluding carboxylic acids is 2. The van der Waals surface area contributed by atoms with E-state index in [1.165, 1.54) is 18.2 Å². The number of carboxylic acids is 2. The number of halogens is 1. The van der Waals surface area contributed by atoms with Crippen LogP contribution in [0.1, 0.15) is 49.5 Å². The summed E-state index contributed by atoms with van der Waals surface area (Å²) in [5.74, 6) is -4.57. The molecule has 35 heavy (non-hydrogen) atoms. The zero-order valence-corrected chi connectivity index (χ0v) is 19.8. The van der Waals surface area contributed by atoms with Crippen molar-refractivity contribution < 1.29 is 33.8 Å². The Bertz CT molecular complexity index is 1150. The first-order valence-electron chi connectivity index (χ1n) is 11.3. The van der Waals surface area contributed by atoms with E-state index < -0.39 is 52.4 Å². The number of amides is 2. The minimum absolute atomic E-state index is 0.00798. The van der Waals surface area contributed by atoms with Crippen LogP contribution in [0.25, 0.3) is 0 Å². The highest BCUT2D eigenvalue weighted by Gasteiger charge is 2.58. The zero-order chi connectivity index (χ0) is 26.0. The van der Waals surface area contributed by atoms with E-state index in [2.05, 4.69) is 10.6 Å². The van der Waals surface area contributed by atoms with Crippen LogP contribution >= 0.6 is 0 Å². The summed E-state index contributed by atoms with van der Waals surface area (Å²) in [4.78, 5) is 48.9. The van der Waals surface area contributed by atoms with Crippen LogP contribution in [0.2, 0.25) is 0 Å². The van der Waals surface area contributed by atoms with E-state index in [-0.39, 0.29) is 12.0 Å². The van der Waals surface area contributed by atoms with E-state index in [0.717, 1.165) is 0 Å². The second-order valence-corrected chi connectivity index (χ2v) is 9.68. The monoisotopic (exact) mass is 484 g/mol. The molecule has 2 aromatic rings. The molecule has 0 heterocycles. The van der Waals surface area contributed by atoms with E-state index >= 15 is 0 Å². The number of carbonyl (C=O) groups is 4. The first kappa shape index (κ1) is 25.9. The van der Waals surface area contributed by atoms with Crippen molar-refractivity contribution in [2.45, 2.75) is 46.1 Å². The SMILES string of the molecule is CC1(C)[C@@H](C(=O)N[C@@H](Cc2ccc(NC(=O)c3ccccc3F)cc2)C(=O)O)CC[C@@]1(C)C(=O)O. The summed E-state index contributed by atoms with van der Waals surface area (Å²) in [6.07, 6.45) is 0.668. The van der Waals surface area contributed by atoms with Gasteiger partial charge in [-0.1, -0.05) is 38.1 Å². The maximum atomic E-state index is 13.8. The summed E-state index contributed by atoms with van der Waals surface area (Å²) in [6.45, 7) is 5.06. The first-order chi connectivity index (χ1) is 16.4. The van der Waals surface area contributed by atoms with E-state index in [0.29, 0.717) is 24.1 Å². The normalized spacial score (nSPS) is 21.7. The number of nitrogens with one attached hydrogen (secondary N) is 2. The average Bonchev–Trinajstić information content (AvgIpc) is 3.04. The predicted octanol–water partition coefficient (Wildman–Crippen LogP) is 3.72. The van der Waals surface area contributed by atoms with Gasteiger partial charge in [-0.05, 0) is 55.0 Å². The van der Waals surface area contributed by atoms with Crippen molar-refractivity contribution in [3.05, 3.63) is 65.5 Å². The summed E-state index contributed by atoms with van der Waals surface area (Å²) in [7, 11) is 0. The van der Waals surface area contributed by atoms with Gasteiger partial charge in [0, 0.05) is 18.0 Å². The van der Waals surface area contributed by atoms with Crippen LogP contribution in [0.5, 0.6) is 0 Å². The van der Waals surface area contributed by atoms with Crippen LogP contribution in [-0.2, 0) is 20.8 Å². The van der Waals surface area contributed by atoms with E-state index in [1.54, 1.807) is 51.1 Å². The standard InChI is InChI=1S/C26H29FN2O6/c1-25(2)18(12-13-26(25,3)24(34)35)22(31)29-20(23(32)33)14-15-8-10-16(11-9-15)28-21(30)17-6-4-5-7-19(17)27/h4-11,18,20H,12-14H2,1-3H3,(H,28,30)(H,29,31)(H,32,33)(H,34,35)/t18-,20+,26+/m1/s1. The van der Waals surface area contributed by atoms with Crippen LogP contribution in [0.4, 0.5) is 10.1 Å². The van der Waals surface area contributed by atoms with Gasteiger partial charge in [-0.15, -0.1) is 0 Å². The molecule has 0 spiro atoms. The molecule has 1 aliphatic rings. The van der Waals surface area contributed by atoms with Crippen LogP contribution in [0.15, 0.2) is 48.5 Å². The third-order valence-electron chi connectivity index (χ3n) is 7.40. The number of carboxylic acid groups (broad SMARTS) is 2. The quantitative estimate of drug-likeness (QED) is 0.451. The van der Waals surface area contributed by atoms with Gasteiger partial charge in [0.05, 0.1) is 11.0 Å². The number of hydrogen-bond acceptors (Lipinski definition) is 4. The first-order valence-corrected chi connectivity index (χ1v) is 11.3. The van der Waals surface area contributed by atoms with E-state index in [4.69, 9.17) is 0 Å². The highest BCUT2D eigenvalue weighted by molar-refractivity contribution is 6.04. The molecule has 8 nitrogen and oxygen atoms in total. The molecule has 0 saturated heterocycles. The molecule has 1 aliphatic carbocycles. The number of aliphatic carboxylic acids is 2. The summed E-state index contributed by atoms with van der Waals surface area (Å²) in [5.41, 5.74) is -1.04. The Labute approximate surface area is 202 Å². The minimum Gasteiger partial charge on any atom is -0.481 e. The van der Waals surface area contributed by atoms with Gasteiger partial charge in [0.1, 0.15) is 11.9 Å². The fourth-order valence-corrected chi connectivity index (χ4v) is 4.62. The van der Waals surface area contributed by atoms with Crippen molar-refractivity contribution in [3.63, 3.8) is 0 Å². The van der Waals surface area contributed by atoms with Gasteiger partial charge in [-0.2, -0.15) is 0 Å². The fraction of sp³-hybridized carbons (Fsp3) is 0.385. The molecular formula is C26H29FN2O6. The largest absolute Gasteiger partial charge is 0.481 e. The lowest BCUT2D eigenvalue weighted by molar-refractivity contribution is -0.155. The molecule has 0 aromatic heterocycles. The molecule has 4 N–H and O–H groups in total. The van der Waals surface area contributed by atoms with E-state index in [9.17, 15) is 33.8 Å². The Morgan fingerprint density at radius 3 is 2.20 bits per heavy atom. The van der Waals surface area contributed by atoms with Gasteiger partial charge < -0.3 is 20.8 Å². The number of rotatable bonds is 8. The van der Waals surface area contributed by atoms with Crippen LogP contribution in [-0.4, -0.2) is 40.0 Å². The molecule has 0 radical (unpaired) electrons. The Kier molecular flexibility index (Phi) is 7.28. The van der Waals surface area contributed by atoms with Gasteiger partial charge in [0.15, 0.2) is 0 Å². The number of anilines is 1. The lowest BCUT2D eigenvalue weighted by Gasteiger charge is -2.38. The average molecular weight is 485 g/mol. The minimum atomic E-state index is -1.22. The van der Waals surface area contributed by atoms with Gasteiger partial charge in [-0.25, -0.2) is 9.18 Å². The molecule has 3 rings (SSSR count). The second-order valence-electron chi connectivity index (χ2n) is 9.68. The van der Waals surface area contributed by atoms with Gasteiger partial charge >= 0.3 is 11.9 Å². The van der Waals surface area contributed by atoms with Crippen molar-refractivity contribution in [3.8, 4) is 0 Å². The summed E-state index contributed by atoms with van der Waals surface area (Å²) < 4.78 is 13.8. The number of benzene rings is 2. The fourth-order valence-electron chi connectivity index (χ4n) is 4.62. The number of hydrogen-bond donors (Lipinski definition) is 4. The van der Waals surface area contributed by atoms with Gasteiger partial charge in [-0.3, -0.25) is 14.4 Å². The third kappa shape index (κ3) is 5.18.